The average Bonchev–Trinajstić information content (AvgIpc) is 3.36. The molecule has 1 aliphatic rings. The number of aromatic nitrogens is 2. The number of ketones is 1. The Bertz CT molecular complexity index is 1390. The molecule has 1 aliphatic heterocycles. The van der Waals surface area contributed by atoms with Gasteiger partial charge >= 0.3 is 0 Å². The number of carbonyl (C=O) groups is 3. The molecule has 3 heterocycles. The minimum Gasteiger partial charge on any atom is -0.344 e. The third-order valence-corrected chi connectivity index (χ3v) is 9.26. The number of benzene rings is 1. The highest BCUT2D eigenvalue weighted by Gasteiger charge is 2.34. The minimum absolute atomic E-state index is 0.0787. The van der Waals surface area contributed by atoms with Gasteiger partial charge in [-0.05, 0) is 48.8 Å². The normalized spacial score (nSPS) is 17.9. The van der Waals surface area contributed by atoms with E-state index >= 15 is 0 Å². The first-order valence-electron chi connectivity index (χ1n) is 12.0. The molecule has 0 unspecified atom stereocenters. The molecule has 12 heteroatoms. The molecule has 4 rings (SSSR count). The van der Waals surface area contributed by atoms with Crippen molar-refractivity contribution in [1.29, 1.82) is 0 Å². The SMILES string of the molecule is CC(C)C[C@H](NC(=O)c1cnc2ccccc2n1)C(=O)N[C@@H]1CCCN(S(=O)(=O)c2cccs2)CC1=O. The average molecular weight is 544 g/mol. The van der Waals surface area contributed by atoms with Crippen molar-refractivity contribution in [3.63, 3.8) is 0 Å². The highest BCUT2D eigenvalue weighted by atomic mass is 32.2. The third-order valence-electron chi connectivity index (χ3n) is 6.04. The maximum atomic E-state index is 13.2. The Morgan fingerprint density at radius 2 is 1.92 bits per heavy atom. The molecule has 1 aromatic carbocycles. The van der Waals surface area contributed by atoms with E-state index in [4.69, 9.17) is 0 Å². The number of nitrogens with one attached hydrogen (secondary N) is 2. The molecular weight excluding hydrogens is 514 g/mol. The highest BCUT2D eigenvalue weighted by molar-refractivity contribution is 7.91. The van der Waals surface area contributed by atoms with Crippen LogP contribution in [-0.2, 0) is 19.6 Å². The fourth-order valence-electron chi connectivity index (χ4n) is 4.17. The lowest BCUT2D eigenvalue weighted by molar-refractivity contribution is -0.129. The Labute approximate surface area is 219 Å². The Kier molecular flexibility index (Phi) is 8.30. The van der Waals surface area contributed by atoms with Crippen molar-refractivity contribution in [3.8, 4) is 0 Å². The van der Waals surface area contributed by atoms with Crippen molar-refractivity contribution in [2.75, 3.05) is 13.1 Å². The van der Waals surface area contributed by atoms with Gasteiger partial charge in [-0.2, -0.15) is 4.31 Å². The van der Waals surface area contributed by atoms with E-state index in [1.807, 2.05) is 19.9 Å². The van der Waals surface area contributed by atoms with Crippen LogP contribution in [0.25, 0.3) is 11.0 Å². The summed E-state index contributed by atoms with van der Waals surface area (Å²) in [6.07, 6.45) is 2.42. The first kappa shape index (κ1) is 26.8. The van der Waals surface area contributed by atoms with Crippen LogP contribution in [0, 0.1) is 5.92 Å². The van der Waals surface area contributed by atoms with Gasteiger partial charge < -0.3 is 10.6 Å². The molecule has 2 N–H and O–H groups in total. The van der Waals surface area contributed by atoms with Crippen LogP contribution >= 0.6 is 11.3 Å². The molecule has 196 valence electrons. The largest absolute Gasteiger partial charge is 0.344 e. The zero-order chi connectivity index (χ0) is 26.6. The predicted octanol–water partition coefficient (Wildman–Crippen LogP) is 2.37. The summed E-state index contributed by atoms with van der Waals surface area (Å²) < 4.78 is 27.1. The van der Waals surface area contributed by atoms with Gasteiger partial charge in [0, 0.05) is 6.54 Å². The summed E-state index contributed by atoms with van der Waals surface area (Å²) in [6, 6.07) is 8.56. The van der Waals surface area contributed by atoms with Gasteiger partial charge in [0.15, 0.2) is 5.78 Å². The molecule has 37 heavy (non-hydrogen) atoms. The summed E-state index contributed by atoms with van der Waals surface area (Å²) >= 11 is 1.10. The second-order valence-electron chi connectivity index (χ2n) is 9.34. The second kappa shape index (κ2) is 11.4. The second-order valence-corrected chi connectivity index (χ2v) is 12.5. The van der Waals surface area contributed by atoms with Crippen LogP contribution in [0.2, 0.25) is 0 Å². The monoisotopic (exact) mass is 543 g/mol. The molecule has 1 fully saturated rings. The molecule has 0 radical (unpaired) electrons. The molecule has 10 nitrogen and oxygen atoms in total. The van der Waals surface area contributed by atoms with Crippen molar-refractivity contribution in [3.05, 3.63) is 53.7 Å². The number of carbonyl (C=O) groups excluding carboxylic acids is 3. The van der Waals surface area contributed by atoms with E-state index in [1.54, 1.807) is 29.6 Å². The number of nitrogens with zero attached hydrogens (tertiary/aromatic N) is 3. The highest BCUT2D eigenvalue weighted by Crippen LogP contribution is 2.23. The zero-order valence-electron chi connectivity index (χ0n) is 20.6. The van der Waals surface area contributed by atoms with Gasteiger partial charge in [-0.1, -0.05) is 32.0 Å². The number of amides is 2. The lowest BCUT2D eigenvalue weighted by Crippen LogP contribution is -2.52. The first-order valence-corrected chi connectivity index (χ1v) is 14.4. The van der Waals surface area contributed by atoms with Crippen LogP contribution in [0.15, 0.2) is 52.2 Å². The number of fused-ring (bicyclic) bond motifs is 1. The van der Waals surface area contributed by atoms with E-state index in [2.05, 4.69) is 20.6 Å². The van der Waals surface area contributed by atoms with E-state index < -0.39 is 33.9 Å². The van der Waals surface area contributed by atoms with Crippen LogP contribution < -0.4 is 10.6 Å². The van der Waals surface area contributed by atoms with Gasteiger partial charge in [-0.3, -0.25) is 19.4 Å². The van der Waals surface area contributed by atoms with Crippen molar-refractivity contribution in [2.24, 2.45) is 5.92 Å². The standard InChI is InChI=1S/C25H29N5O5S2/c1-16(2)13-20(29-25(33)21-14-26-17-7-3-4-8-18(17)27-21)24(32)28-19-9-5-11-30(15-22(19)31)37(34,35)23-10-6-12-36-23/h3-4,6-8,10,12,14,16,19-20H,5,9,11,13,15H2,1-2H3,(H,28,32)(H,29,33)/t19-,20+/m1/s1. The van der Waals surface area contributed by atoms with Crippen LogP contribution in [0.4, 0.5) is 0 Å². The van der Waals surface area contributed by atoms with Crippen molar-refractivity contribution >= 4 is 50.0 Å². The Morgan fingerprint density at radius 1 is 1.16 bits per heavy atom. The molecule has 2 amide bonds. The fourth-order valence-corrected chi connectivity index (χ4v) is 6.75. The first-order chi connectivity index (χ1) is 17.6. The van der Waals surface area contributed by atoms with Crippen molar-refractivity contribution in [2.45, 2.75) is 49.4 Å². The lowest BCUT2D eigenvalue weighted by atomic mass is 10.0. The maximum absolute atomic E-state index is 13.2. The van der Waals surface area contributed by atoms with E-state index in [9.17, 15) is 22.8 Å². The van der Waals surface area contributed by atoms with Crippen molar-refractivity contribution in [1.82, 2.24) is 24.9 Å². The molecule has 1 saturated heterocycles. The maximum Gasteiger partial charge on any atom is 0.272 e. The summed E-state index contributed by atoms with van der Waals surface area (Å²) in [4.78, 5) is 47.7. The molecule has 0 saturated carbocycles. The number of para-hydroxylation sites is 2. The molecule has 0 spiro atoms. The predicted molar refractivity (Wildman–Crippen MR) is 139 cm³/mol. The number of hydrogen-bond donors (Lipinski definition) is 2. The molecule has 2 atom stereocenters. The number of Topliss-reactive ketones (excluding diaryl/α,β-unsaturated/α-hetero) is 1. The summed E-state index contributed by atoms with van der Waals surface area (Å²) in [7, 11) is -3.77. The van der Waals surface area contributed by atoms with Gasteiger partial charge in [-0.25, -0.2) is 13.4 Å². The summed E-state index contributed by atoms with van der Waals surface area (Å²) in [5.41, 5.74) is 1.30. The zero-order valence-corrected chi connectivity index (χ0v) is 22.2. The fraction of sp³-hybridized carbons (Fsp3) is 0.400. The van der Waals surface area contributed by atoms with Gasteiger partial charge in [0.25, 0.3) is 15.9 Å². The van der Waals surface area contributed by atoms with Crippen LogP contribution in [-0.4, -0.2) is 65.5 Å². The molecule has 0 bridgehead atoms. The molecule has 2 aromatic heterocycles. The van der Waals surface area contributed by atoms with Crippen LogP contribution in [0.5, 0.6) is 0 Å². The quantitative estimate of drug-likeness (QED) is 0.445. The number of sulfonamides is 1. The Hall–Kier alpha value is -3.22. The smallest absolute Gasteiger partial charge is 0.272 e. The molecule has 0 aliphatic carbocycles. The summed E-state index contributed by atoms with van der Waals surface area (Å²) in [5, 5.41) is 7.15. The lowest BCUT2D eigenvalue weighted by Gasteiger charge is -2.23. The number of rotatable bonds is 8. The van der Waals surface area contributed by atoms with E-state index in [1.165, 1.54) is 16.6 Å². The molecule has 3 aromatic rings. The van der Waals surface area contributed by atoms with Gasteiger partial charge in [-0.15, -0.1) is 11.3 Å². The number of hydrogen-bond acceptors (Lipinski definition) is 8. The minimum atomic E-state index is -3.77. The van der Waals surface area contributed by atoms with E-state index in [-0.39, 0.29) is 34.7 Å². The Morgan fingerprint density at radius 3 is 2.62 bits per heavy atom. The van der Waals surface area contributed by atoms with Gasteiger partial charge in [0.05, 0.1) is 29.8 Å². The van der Waals surface area contributed by atoms with Crippen molar-refractivity contribution < 1.29 is 22.8 Å². The van der Waals surface area contributed by atoms with E-state index in [0.717, 1.165) is 11.3 Å². The summed E-state index contributed by atoms with van der Waals surface area (Å²) in [5.74, 6) is -1.35. The van der Waals surface area contributed by atoms with Crippen LogP contribution in [0.3, 0.4) is 0 Å². The van der Waals surface area contributed by atoms with Crippen LogP contribution in [0.1, 0.15) is 43.6 Å². The number of thiophene rings is 1. The van der Waals surface area contributed by atoms with E-state index in [0.29, 0.717) is 30.3 Å². The van der Waals surface area contributed by atoms with Gasteiger partial charge in [0.1, 0.15) is 15.9 Å². The molecular formula is C25H29N5O5S2. The third kappa shape index (κ3) is 6.38. The van der Waals surface area contributed by atoms with Gasteiger partial charge in [0.2, 0.25) is 5.91 Å². The summed E-state index contributed by atoms with van der Waals surface area (Å²) in [6.45, 7) is 3.71. The topological polar surface area (TPSA) is 138 Å². The Balaban J connectivity index is 1.44.